The predicted molar refractivity (Wildman–Crippen MR) is 71.9 cm³/mol. The predicted octanol–water partition coefficient (Wildman–Crippen LogP) is 4.30. The summed E-state index contributed by atoms with van der Waals surface area (Å²) in [6.45, 7) is 0. The van der Waals surface area contributed by atoms with Gasteiger partial charge >= 0.3 is 6.36 Å². The molecule has 0 radical (unpaired) electrons. The topological polar surface area (TPSA) is 48.2 Å². The van der Waals surface area contributed by atoms with E-state index in [0.29, 0.717) is 17.0 Å². The Morgan fingerprint density at radius 2 is 1.86 bits per heavy atom. The Balaban J connectivity index is 1.89. The molecule has 0 amide bonds. The monoisotopic (exact) mass is 306 g/mol. The number of nitrogens with zero attached hydrogens (tertiary/aromatic N) is 2. The van der Waals surface area contributed by atoms with Gasteiger partial charge < -0.3 is 9.15 Å². The van der Waals surface area contributed by atoms with E-state index < -0.39 is 6.36 Å². The van der Waals surface area contributed by atoms with Crippen LogP contribution in [0.3, 0.4) is 0 Å². The van der Waals surface area contributed by atoms with Gasteiger partial charge in [0.05, 0.1) is 5.69 Å². The summed E-state index contributed by atoms with van der Waals surface area (Å²) >= 11 is 0. The number of ether oxygens (including phenoxy) is 1. The van der Waals surface area contributed by atoms with E-state index in [1.807, 2.05) is 0 Å². The molecule has 0 fully saturated rings. The number of halogens is 3. The minimum absolute atomic E-state index is 0.188. The zero-order chi connectivity index (χ0) is 15.6. The number of aromatic nitrogens is 2. The third-order valence-electron chi connectivity index (χ3n) is 2.75. The lowest BCUT2D eigenvalue weighted by molar-refractivity contribution is -0.274. The molecular weight excluding hydrogens is 297 g/mol. The van der Waals surface area contributed by atoms with Crippen LogP contribution in [0.1, 0.15) is 0 Å². The molecule has 0 unspecified atom stereocenters. The van der Waals surface area contributed by atoms with Crippen LogP contribution in [0.4, 0.5) is 13.2 Å². The highest BCUT2D eigenvalue weighted by Crippen LogP contribution is 2.28. The summed E-state index contributed by atoms with van der Waals surface area (Å²) in [5, 5.41) is 0. The van der Waals surface area contributed by atoms with Crippen molar-refractivity contribution in [2.45, 2.75) is 6.36 Å². The van der Waals surface area contributed by atoms with Gasteiger partial charge in [0.25, 0.3) is 0 Å². The first-order chi connectivity index (χ1) is 10.5. The molecule has 1 aromatic carbocycles. The summed E-state index contributed by atoms with van der Waals surface area (Å²) in [6.07, 6.45) is -1.73. The minimum atomic E-state index is -4.74. The molecule has 4 nitrogen and oxygen atoms in total. The van der Waals surface area contributed by atoms with Gasteiger partial charge in [-0.2, -0.15) is 0 Å². The van der Waals surface area contributed by atoms with Gasteiger partial charge in [-0.25, -0.2) is 4.98 Å². The molecule has 112 valence electrons. The molecule has 0 saturated carbocycles. The molecule has 7 heteroatoms. The molecule has 0 bridgehead atoms. The van der Waals surface area contributed by atoms with E-state index in [2.05, 4.69) is 14.7 Å². The van der Waals surface area contributed by atoms with Gasteiger partial charge in [-0.15, -0.1) is 13.2 Å². The largest absolute Gasteiger partial charge is 0.573 e. The van der Waals surface area contributed by atoms with Crippen molar-refractivity contribution in [1.82, 2.24) is 9.97 Å². The number of rotatable bonds is 3. The lowest BCUT2D eigenvalue weighted by Gasteiger charge is -2.08. The van der Waals surface area contributed by atoms with Crippen molar-refractivity contribution in [2.75, 3.05) is 0 Å². The van der Waals surface area contributed by atoms with Gasteiger partial charge in [0, 0.05) is 11.8 Å². The molecule has 0 aliphatic carbocycles. The first-order valence-electron chi connectivity index (χ1n) is 6.24. The Bertz CT molecular complexity index is 770. The molecule has 0 atom stereocenters. The molecule has 0 aliphatic heterocycles. The molecule has 2 heterocycles. The fourth-order valence-electron chi connectivity index (χ4n) is 1.86. The van der Waals surface area contributed by atoms with E-state index >= 15 is 0 Å². The van der Waals surface area contributed by atoms with Crippen molar-refractivity contribution in [3.63, 3.8) is 0 Å². The highest BCUT2D eigenvalue weighted by Gasteiger charge is 2.31. The van der Waals surface area contributed by atoms with Crippen molar-refractivity contribution in [2.24, 2.45) is 0 Å². The van der Waals surface area contributed by atoms with Crippen LogP contribution in [0.5, 0.6) is 5.75 Å². The third-order valence-corrected chi connectivity index (χ3v) is 2.75. The van der Waals surface area contributed by atoms with Crippen LogP contribution < -0.4 is 4.74 Å². The fourth-order valence-corrected chi connectivity index (χ4v) is 1.86. The van der Waals surface area contributed by atoms with E-state index in [1.165, 1.54) is 24.5 Å². The maximum Gasteiger partial charge on any atom is 0.573 e. The average Bonchev–Trinajstić information content (AvgIpc) is 2.96. The zero-order valence-electron chi connectivity index (χ0n) is 11.0. The van der Waals surface area contributed by atoms with Crippen LogP contribution in [-0.4, -0.2) is 16.3 Å². The average molecular weight is 306 g/mol. The SMILES string of the molecule is FC(F)(F)Oc1cccc(-c2nc(-c3ccccn3)co2)c1. The van der Waals surface area contributed by atoms with E-state index in [9.17, 15) is 13.2 Å². The Morgan fingerprint density at radius 1 is 1.00 bits per heavy atom. The quantitative estimate of drug-likeness (QED) is 0.723. The second kappa shape index (κ2) is 5.51. The van der Waals surface area contributed by atoms with Gasteiger partial charge in [-0.05, 0) is 30.3 Å². The van der Waals surface area contributed by atoms with Crippen molar-refractivity contribution in [1.29, 1.82) is 0 Å². The molecular formula is C15H9F3N2O2. The molecule has 0 N–H and O–H groups in total. The van der Waals surface area contributed by atoms with E-state index in [1.54, 1.807) is 30.5 Å². The molecule has 0 aliphatic rings. The lowest BCUT2D eigenvalue weighted by atomic mass is 10.2. The number of pyridine rings is 1. The van der Waals surface area contributed by atoms with Crippen molar-refractivity contribution < 1.29 is 22.3 Å². The molecule has 0 spiro atoms. The molecule has 3 rings (SSSR count). The second-order valence-corrected chi connectivity index (χ2v) is 4.33. The van der Waals surface area contributed by atoms with Gasteiger partial charge in [0.1, 0.15) is 17.7 Å². The second-order valence-electron chi connectivity index (χ2n) is 4.33. The van der Waals surface area contributed by atoms with E-state index in [4.69, 9.17) is 4.42 Å². The molecule has 0 saturated heterocycles. The zero-order valence-corrected chi connectivity index (χ0v) is 11.0. The number of oxazole rings is 1. The molecule has 3 aromatic rings. The van der Waals surface area contributed by atoms with Gasteiger partial charge in [0.2, 0.25) is 5.89 Å². The van der Waals surface area contributed by atoms with Crippen LogP contribution in [0.2, 0.25) is 0 Å². The Labute approximate surface area is 123 Å². The minimum Gasteiger partial charge on any atom is -0.444 e. The number of benzene rings is 1. The number of hydrogen-bond donors (Lipinski definition) is 0. The smallest absolute Gasteiger partial charge is 0.444 e. The van der Waals surface area contributed by atoms with Crippen molar-refractivity contribution >= 4 is 0 Å². The summed E-state index contributed by atoms with van der Waals surface area (Å²) in [5.41, 5.74) is 1.49. The Hall–Kier alpha value is -2.83. The first-order valence-corrected chi connectivity index (χ1v) is 6.24. The van der Waals surface area contributed by atoms with Gasteiger partial charge in [-0.3, -0.25) is 4.98 Å². The van der Waals surface area contributed by atoms with Crippen molar-refractivity contribution in [3.05, 3.63) is 54.9 Å². The number of hydrogen-bond acceptors (Lipinski definition) is 4. The summed E-state index contributed by atoms with van der Waals surface area (Å²) in [6, 6.07) is 10.8. The van der Waals surface area contributed by atoms with Crippen LogP contribution in [0.25, 0.3) is 22.8 Å². The third kappa shape index (κ3) is 3.25. The first kappa shape index (κ1) is 14.1. The van der Waals surface area contributed by atoms with E-state index in [0.717, 1.165) is 0 Å². The number of alkyl halides is 3. The highest BCUT2D eigenvalue weighted by atomic mass is 19.4. The van der Waals surface area contributed by atoms with Gasteiger partial charge in [0.15, 0.2) is 0 Å². The van der Waals surface area contributed by atoms with E-state index in [-0.39, 0.29) is 11.6 Å². The summed E-state index contributed by atoms with van der Waals surface area (Å²) in [4.78, 5) is 8.35. The van der Waals surface area contributed by atoms with Crippen LogP contribution in [-0.2, 0) is 0 Å². The molecule has 22 heavy (non-hydrogen) atoms. The van der Waals surface area contributed by atoms with Gasteiger partial charge in [-0.1, -0.05) is 12.1 Å². The highest BCUT2D eigenvalue weighted by molar-refractivity contribution is 5.61. The molecule has 2 aromatic heterocycles. The lowest BCUT2D eigenvalue weighted by Crippen LogP contribution is -2.17. The van der Waals surface area contributed by atoms with Crippen LogP contribution in [0.15, 0.2) is 59.3 Å². The summed E-state index contributed by atoms with van der Waals surface area (Å²) in [7, 11) is 0. The van der Waals surface area contributed by atoms with Crippen LogP contribution >= 0.6 is 0 Å². The Morgan fingerprint density at radius 3 is 2.59 bits per heavy atom. The maximum absolute atomic E-state index is 12.2. The normalized spacial score (nSPS) is 11.4. The Kier molecular flexibility index (Phi) is 3.54. The maximum atomic E-state index is 12.2. The van der Waals surface area contributed by atoms with Crippen LogP contribution in [0, 0.1) is 0 Å². The fraction of sp³-hybridized carbons (Fsp3) is 0.0667. The summed E-state index contributed by atoms with van der Waals surface area (Å²) in [5.74, 6) is -0.143. The standard InChI is InChI=1S/C15H9F3N2O2/c16-15(17,18)22-11-5-3-4-10(8-11)14-20-13(9-21-14)12-6-1-2-7-19-12/h1-9H. The summed E-state index contributed by atoms with van der Waals surface area (Å²) < 4.78 is 45.9. The van der Waals surface area contributed by atoms with Crippen molar-refractivity contribution in [3.8, 4) is 28.6 Å².